The monoisotopic (exact) mass is 398 g/mol. The highest BCUT2D eigenvalue weighted by atomic mass is 32.2. The first-order valence-corrected chi connectivity index (χ1v) is 11.4. The number of piperidine rings is 1. The van der Waals surface area contributed by atoms with E-state index in [9.17, 15) is 4.79 Å². The maximum atomic E-state index is 13.1. The molecule has 2 unspecified atom stereocenters. The van der Waals surface area contributed by atoms with Gasteiger partial charge in [0, 0.05) is 34.8 Å². The number of thiophene rings is 1. The fraction of sp³-hybridized carbons (Fsp3) is 0.381. The lowest BCUT2D eigenvalue weighted by Gasteiger charge is -2.29. The number of carbonyl (C=O) groups is 1. The molecule has 2 aliphatic heterocycles. The lowest BCUT2D eigenvalue weighted by atomic mass is 9.99. The standard InChI is InChI=1S/C21H22N2O2S2/c24-21(23-15-10-13-7-8-14(11-15)22-13)20-17(12-27-19-6-3-9-26-19)16-4-1-2-5-18(16)25-20/h1-6,9,13-15,22H,7-8,10-12H2,(H,23,24). The van der Waals surface area contributed by atoms with Gasteiger partial charge in [-0.05, 0) is 43.2 Å². The minimum absolute atomic E-state index is 0.0701. The predicted molar refractivity (Wildman–Crippen MR) is 111 cm³/mol. The van der Waals surface area contributed by atoms with Gasteiger partial charge in [0.05, 0.1) is 4.21 Å². The zero-order valence-electron chi connectivity index (χ0n) is 14.9. The summed E-state index contributed by atoms with van der Waals surface area (Å²) in [6.45, 7) is 0. The van der Waals surface area contributed by atoms with Crippen LogP contribution >= 0.6 is 23.1 Å². The Labute approximate surface area is 166 Å². The van der Waals surface area contributed by atoms with Crippen molar-refractivity contribution in [3.05, 3.63) is 53.1 Å². The summed E-state index contributed by atoms with van der Waals surface area (Å²) in [6, 6.07) is 13.5. The van der Waals surface area contributed by atoms with Gasteiger partial charge in [0.1, 0.15) is 5.58 Å². The molecule has 140 valence electrons. The van der Waals surface area contributed by atoms with E-state index in [1.54, 1.807) is 23.1 Å². The van der Waals surface area contributed by atoms with E-state index < -0.39 is 0 Å². The Kier molecular flexibility index (Phi) is 4.71. The zero-order chi connectivity index (χ0) is 18.2. The Hall–Kier alpha value is -1.76. The van der Waals surface area contributed by atoms with Crippen LogP contribution in [-0.4, -0.2) is 24.0 Å². The van der Waals surface area contributed by atoms with Crippen LogP contribution in [-0.2, 0) is 5.75 Å². The van der Waals surface area contributed by atoms with Crippen LogP contribution in [0.2, 0.25) is 0 Å². The predicted octanol–water partition coefficient (Wildman–Crippen LogP) is 4.80. The minimum atomic E-state index is -0.0701. The number of para-hydroxylation sites is 1. The zero-order valence-corrected chi connectivity index (χ0v) is 16.6. The summed E-state index contributed by atoms with van der Waals surface area (Å²) in [5, 5.41) is 9.99. The molecule has 2 bridgehead atoms. The molecule has 5 rings (SSSR count). The van der Waals surface area contributed by atoms with E-state index in [0.717, 1.165) is 35.1 Å². The third-order valence-corrected chi connectivity index (χ3v) is 7.72. The largest absolute Gasteiger partial charge is 0.451 e. The van der Waals surface area contributed by atoms with Gasteiger partial charge in [-0.3, -0.25) is 4.79 Å². The van der Waals surface area contributed by atoms with E-state index in [-0.39, 0.29) is 11.9 Å². The van der Waals surface area contributed by atoms with Crippen LogP contribution in [0, 0.1) is 0 Å². The van der Waals surface area contributed by atoms with Gasteiger partial charge in [-0.15, -0.1) is 23.1 Å². The van der Waals surface area contributed by atoms with E-state index in [0.29, 0.717) is 17.8 Å². The van der Waals surface area contributed by atoms with Gasteiger partial charge in [0.15, 0.2) is 5.76 Å². The molecular weight excluding hydrogens is 376 g/mol. The highest BCUT2D eigenvalue weighted by molar-refractivity contribution is 8.00. The molecule has 0 aliphatic carbocycles. The number of fused-ring (bicyclic) bond motifs is 3. The van der Waals surface area contributed by atoms with Crippen molar-refractivity contribution in [1.29, 1.82) is 0 Å². The SMILES string of the molecule is O=C(NC1CC2CCC(C1)N2)c1oc2ccccc2c1CSc1cccs1. The second-order valence-corrected chi connectivity index (χ2v) is 9.63. The fourth-order valence-corrected chi connectivity index (χ4v) is 6.15. The molecule has 0 saturated carbocycles. The van der Waals surface area contributed by atoms with Gasteiger partial charge in [-0.25, -0.2) is 0 Å². The molecule has 4 heterocycles. The maximum absolute atomic E-state index is 13.1. The number of benzene rings is 1. The van der Waals surface area contributed by atoms with Crippen LogP contribution in [0.25, 0.3) is 11.0 Å². The molecule has 2 aromatic heterocycles. The first kappa shape index (κ1) is 17.3. The number of rotatable bonds is 5. The molecule has 3 aromatic rings. The molecule has 6 heteroatoms. The molecule has 2 aliphatic rings. The number of furan rings is 1. The molecule has 2 atom stereocenters. The second kappa shape index (κ2) is 7.34. The van der Waals surface area contributed by atoms with Gasteiger partial charge < -0.3 is 15.1 Å². The number of hydrogen-bond donors (Lipinski definition) is 2. The molecule has 0 radical (unpaired) electrons. The summed E-state index contributed by atoms with van der Waals surface area (Å²) in [4.78, 5) is 13.1. The van der Waals surface area contributed by atoms with E-state index in [1.165, 1.54) is 17.1 Å². The lowest BCUT2D eigenvalue weighted by Crippen LogP contribution is -2.48. The third-order valence-electron chi connectivity index (χ3n) is 5.57. The van der Waals surface area contributed by atoms with Gasteiger partial charge in [-0.2, -0.15) is 0 Å². The van der Waals surface area contributed by atoms with Crippen LogP contribution in [0.5, 0.6) is 0 Å². The van der Waals surface area contributed by atoms with Crippen molar-refractivity contribution >= 4 is 40.0 Å². The van der Waals surface area contributed by atoms with Gasteiger partial charge >= 0.3 is 0 Å². The molecule has 2 N–H and O–H groups in total. The molecule has 1 amide bonds. The van der Waals surface area contributed by atoms with Gasteiger partial charge in [-0.1, -0.05) is 24.3 Å². The lowest BCUT2D eigenvalue weighted by molar-refractivity contribution is 0.0897. The molecule has 27 heavy (non-hydrogen) atoms. The average molecular weight is 399 g/mol. The Balaban J connectivity index is 1.39. The van der Waals surface area contributed by atoms with Crippen LogP contribution in [0.3, 0.4) is 0 Å². The third kappa shape index (κ3) is 3.53. The smallest absolute Gasteiger partial charge is 0.287 e. The van der Waals surface area contributed by atoms with Crippen molar-refractivity contribution < 1.29 is 9.21 Å². The highest BCUT2D eigenvalue weighted by Gasteiger charge is 2.34. The van der Waals surface area contributed by atoms with Crippen LogP contribution in [0.4, 0.5) is 0 Å². The Morgan fingerprint density at radius 3 is 2.78 bits per heavy atom. The summed E-state index contributed by atoms with van der Waals surface area (Å²) in [5.41, 5.74) is 1.79. The summed E-state index contributed by atoms with van der Waals surface area (Å²) in [7, 11) is 0. The van der Waals surface area contributed by atoms with Crippen molar-refractivity contribution in [2.24, 2.45) is 0 Å². The van der Waals surface area contributed by atoms with E-state index in [1.807, 2.05) is 24.3 Å². The Bertz CT molecular complexity index is 938. The number of carbonyl (C=O) groups excluding carboxylic acids is 1. The molecule has 4 nitrogen and oxygen atoms in total. The van der Waals surface area contributed by atoms with Gasteiger partial charge in [0.2, 0.25) is 0 Å². The van der Waals surface area contributed by atoms with Crippen LogP contribution in [0.15, 0.2) is 50.4 Å². The van der Waals surface area contributed by atoms with Crippen molar-refractivity contribution in [2.75, 3.05) is 0 Å². The number of thioether (sulfide) groups is 1. The summed E-state index contributed by atoms with van der Waals surface area (Å²) >= 11 is 3.48. The van der Waals surface area contributed by atoms with E-state index in [2.05, 4.69) is 28.1 Å². The highest BCUT2D eigenvalue weighted by Crippen LogP contribution is 2.34. The van der Waals surface area contributed by atoms with Crippen molar-refractivity contribution in [2.45, 2.75) is 53.8 Å². The molecular formula is C21H22N2O2S2. The number of nitrogens with one attached hydrogen (secondary N) is 2. The Morgan fingerprint density at radius 2 is 2.00 bits per heavy atom. The first-order valence-electron chi connectivity index (χ1n) is 9.50. The van der Waals surface area contributed by atoms with Crippen molar-refractivity contribution in [3.63, 3.8) is 0 Å². The summed E-state index contributed by atoms with van der Waals surface area (Å²) in [5.74, 6) is 1.14. The summed E-state index contributed by atoms with van der Waals surface area (Å²) in [6.07, 6.45) is 4.48. The van der Waals surface area contributed by atoms with Crippen LogP contribution < -0.4 is 10.6 Å². The first-order chi connectivity index (χ1) is 13.3. The quantitative estimate of drug-likeness (QED) is 0.606. The molecule has 2 saturated heterocycles. The van der Waals surface area contributed by atoms with Crippen molar-refractivity contribution in [1.82, 2.24) is 10.6 Å². The topological polar surface area (TPSA) is 54.3 Å². The normalized spacial score (nSPS) is 24.4. The van der Waals surface area contributed by atoms with Crippen LogP contribution in [0.1, 0.15) is 41.8 Å². The average Bonchev–Trinajstić information content (AvgIpc) is 3.39. The van der Waals surface area contributed by atoms with Gasteiger partial charge in [0.25, 0.3) is 5.91 Å². The van der Waals surface area contributed by atoms with E-state index >= 15 is 0 Å². The molecule has 2 fully saturated rings. The van der Waals surface area contributed by atoms with E-state index in [4.69, 9.17) is 4.42 Å². The molecule has 1 aromatic carbocycles. The van der Waals surface area contributed by atoms with Crippen molar-refractivity contribution in [3.8, 4) is 0 Å². The minimum Gasteiger partial charge on any atom is -0.451 e. The number of amides is 1. The summed E-state index contributed by atoms with van der Waals surface area (Å²) < 4.78 is 7.26. The second-order valence-electron chi connectivity index (χ2n) is 7.41. The molecule has 0 spiro atoms. The fourth-order valence-electron chi connectivity index (χ4n) is 4.34. The maximum Gasteiger partial charge on any atom is 0.287 e. The number of hydrogen-bond acceptors (Lipinski definition) is 5. The Morgan fingerprint density at radius 1 is 1.19 bits per heavy atom.